The van der Waals surface area contributed by atoms with Gasteiger partial charge in [0, 0.05) is 12.1 Å². The highest BCUT2D eigenvalue weighted by Crippen LogP contribution is 2.24. The quantitative estimate of drug-likeness (QED) is 0.739. The van der Waals surface area contributed by atoms with E-state index in [1.54, 1.807) is 7.11 Å². The molecule has 2 heterocycles. The molecule has 1 aliphatic heterocycles. The molecule has 2 aromatic rings. The minimum Gasteiger partial charge on any atom is -0.375 e. The first kappa shape index (κ1) is 22.6. The number of nitrogens with one attached hydrogen (secondary N) is 2. The molecule has 2 N–H and O–H groups in total. The highest BCUT2D eigenvalue weighted by molar-refractivity contribution is 6.30. The minimum absolute atomic E-state index is 0. The van der Waals surface area contributed by atoms with E-state index in [0.717, 1.165) is 37.2 Å². The third kappa shape index (κ3) is 5.03. The van der Waals surface area contributed by atoms with Crippen LogP contribution in [0, 0.1) is 6.92 Å². The van der Waals surface area contributed by atoms with E-state index in [9.17, 15) is 4.79 Å². The summed E-state index contributed by atoms with van der Waals surface area (Å²) in [5, 5.41) is 15.4. The van der Waals surface area contributed by atoms with E-state index in [1.807, 2.05) is 42.8 Å². The number of carbonyl (C=O) groups is 1. The van der Waals surface area contributed by atoms with Gasteiger partial charge in [0.1, 0.15) is 6.10 Å². The van der Waals surface area contributed by atoms with Crippen molar-refractivity contribution in [3.63, 3.8) is 0 Å². The van der Waals surface area contributed by atoms with Crippen LogP contribution in [0.1, 0.15) is 53.7 Å². The largest absolute Gasteiger partial charge is 0.375 e. The smallest absolute Gasteiger partial charge is 0.274 e. The van der Waals surface area contributed by atoms with Gasteiger partial charge in [-0.1, -0.05) is 28.9 Å². The number of halogens is 2. The predicted octanol–water partition coefficient (Wildman–Crippen LogP) is 3.09. The highest BCUT2D eigenvalue weighted by atomic mass is 35.5. The number of ether oxygens (including phenoxy) is 1. The van der Waals surface area contributed by atoms with Crippen molar-refractivity contribution in [3.8, 4) is 0 Å². The third-order valence-corrected chi connectivity index (χ3v) is 5.31. The van der Waals surface area contributed by atoms with Gasteiger partial charge in [0.05, 0.1) is 17.8 Å². The number of amides is 1. The lowest BCUT2D eigenvalue weighted by atomic mass is 10.0. The molecule has 1 amide bonds. The molecule has 0 bridgehead atoms. The second-order valence-corrected chi connectivity index (χ2v) is 7.36. The van der Waals surface area contributed by atoms with Crippen molar-refractivity contribution >= 4 is 29.9 Å². The number of piperidine rings is 1. The lowest BCUT2D eigenvalue weighted by Crippen LogP contribution is -2.38. The van der Waals surface area contributed by atoms with Crippen molar-refractivity contribution in [2.75, 3.05) is 20.2 Å². The molecule has 0 saturated carbocycles. The minimum atomic E-state index is -0.286. The van der Waals surface area contributed by atoms with E-state index in [2.05, 4.69) is 20.9 Å². The van der Waals surface area contributed by atoms with Gasteiger partial charge in [0.25, 0.3) is 5.91 Å². The fourth-order valence-corrected chi connectivity index (χ4v) is 3.71. The van der Waals surface area contributed by atoms with Crippen molar-refractivity contribution in [2.45, 2.75) is 44.9 Å². The third-order valence-electron chi connectivity index (χ3n) is 5.06. The van der Waals surface area contributed by atoms with Gasteiger partial charge in [-0.05, 0) is 57.5 Å². The molecular formula is C19H27Cl2N5O2. The zero-order chi connectivity index (χ0) is 19.4. The summed E-state index contributed by atoms with van der Waals surface area (Å²) < 4.78 is 7.48. The van der Waals surface area contributed by atoms with Gasteiger partial charge in [-0.25, -0.2) is 4.68 Å². The number of rotatable bonds is 6. The molecule has 28 heavy (non-hydrogen) atoms. The van der Waals surface area contributed by atoms with Crippen molar-refractivity contribution < 1.29 is 9.53 Å². The first-order chi connectivity index (χ1) is 13.0. The fraction of sp³-hybridized carbons (Fsp3) is 0.526. The Kier molecular flexibility index (Phi) is 8.24. The molecular weight excluding hydrogens is 401 g/mol. The van der Waals surface area contributed by atoms with Crippen LogP contribution >= 0.6 is 24.0 Å². The van der Waals surface area contributed by atoms with Gasteiger partial charge in [-0.15, -0.1) is 17.5 Å². The van der Waals surface area contributed by atoms with Crippen LogP contribution in [0.3, 0.4) is 0 Å². The Morgan fingerprint density at radius 1 is 1.32 bits per heavy atom. The van der Waals surface area contributed by atoms with Crippen LogP contribution < -0.4 is 10.6 Å². The number of carbonyl (C=O) groups excluding carboxylic acids is 1. The van der Waals surface area contributed by atoms with Crippen LogP contribution in [0.4, 0.5) is 0 Å². The van der Waals surface area contributed by atoms with Crippen molar-refractivity contribution in [3.05, 3.63) is 46.2 Å². The van der Waals surface area contributed by atoms with E-state index in [-0.39, 0.29) is 30.5 Å². The van der Waals surface area contributed by atoms with Crippen molar-refractivity contribution in [1.82, 2.24) is 25.6 Å². The fourth-order valence-electron chi connectivity index (χ4n) is 3.58. The van der Waals surface area contributed by atoms with E-state index < -0.39 is 0 Å². The maximum atomic E-state index is 12.8. The summed E-state index contributed by atoms with van der Waals surface area (Å²) in [5.74, 6) is -0.240. The molecule has 1 aromatic carbocycles. The number of hydrogen-bond acceptors (Lipinski definition) is 5. The molecule has 1 saturated heterocycles. The van der Waals surface area contributed by atoms with Gasteiger partial charge < -0.3 is 15.4 Å². The van der Waals surface area contributed by atoms with Gasteiger partial charge in [-0.2, -0.15) is 0 Å². The standard InChI is InChI=1S/C19H26ClN5O2.ClH/c1-12(18(27-3)14-4-6-15(20)7-5-14)22-19(26)17-13(2)25(24-23-17)16-8-10-21-11-9-16;/h4-7,12,16,18,21H,8-11H2,1-3H3,(H,22,26);1H. The zero-order valence-electron chi connectivity index (χ0n) is 16.3. The Morgan fingerprint density at radius 2 is 1.96 bits per heavy atom. The average Bonchev–Trinajstić information content (AvgIpc) is 3.06. The number of hydrogen-bond donors (Lipinski definition) is 2. The van der Waals surface area contributed by atoms with E-state index >= 15 is 0 Å². The summed E-state index contributed by atoms with van der Waals surface area (Å²) in [5.41, 5.74) is 2.11. The molecule has 7 nitrogen and oxygen atoms in total. The van der Waals surface area contributed by atoms with Crippen molar-refractivity contribution in [1.29, 1.82) is 0 Å². The van der Waals surface area contributed by atoms with Crippen molar-refractivity contribution in [2.24, 2.45) is 0 Å². The average molecular weight is 428 g/mol. The molecule has 0 radical (unpaired) electrons. The van der Waals surface area contributed by atoms with E-state index in [4.69, 9.17) is 16.3 Å². The second-order valence-electron chi connectivity index (χ2n) is 6.92. The van der Waals surface area contributed by atoms with Gasteiger partial charge in [0.15, 0.2) is 5.69 Å². The topological polar surface area (TPSA) is 81.1 Å². The predicted molar refractivity (Wildman–Crippen MR) is 111 cm³/mol. The lowest BCUT2D eigenvalue weighted by molar-refractivity contribution is 0.0642. The molecule has 2 atom stereocenters. The molecule has 9 heteroatoms. The highest BCUT2D eigenvalue weighted by Gasteiger charge is 2.26. The summed E-state index contributed by atoms with van der Waals surface area (Å²) in [6.07, 6.45) is 1.69. The number of nitrogens with zero attached hydrogens (tertiary/aromatic N) is 3. The first-order valence-corrected chi connectivity index (χ1v) is 9.60. The summed E-state index contributed by atoms with van der Waals surface area (Å²) in [6.45, 7) is 5.72. The molecule has 1 aliphatic rings. The Bertz CT molecular complexity index is 775. The summed E-state index contributed by atoms with van der Waals surface area (Å²) in [4.78, 5) is 12.8. The Hall–Kier alpha value is -1.67. The van der Waals surface area contributed by atoms with Crippen LogP contribution in [0.2, 0.25) is 5.02 Å². The Morgan fingerprint density at radius 3 is 2.57 bits per heavy atom. The summed E-state index contributed by atoms with van der Waals surface area (Å²) >= 11 is 5.96. The van der Waals surface area contributed by atoms with Gasteiger partial charge in [0.2, 0.25) is 0 Å². The molecule has 1 aromatic heterocycles. The molecule has 0 spiro atoms. The summed E-state index contributed by atoms with van der Waals surface area (Å²) in [6, 6.07) is 7.47. The maximum Gasteiger partial charge on any atom is 0.274 e. The number of methoxy groups -OCH3 is 1. The monoisotopic (exact) mass is 427 g/mol. The Labute approximate surface area is 176 Å². The second kappa shape index (κ2) is 10.2. The maximum absolute atomic E-state index is 12.8. The van der Waals surface area contributed by atoms with Gasteiger partial charge >= 0.3 is 0 Å². The molecule has 3 rings (SSSR count). The van der Waals surface area contributed by atoms with E-state index in [1.165, 1.54) is 0 Å². The number of benzene rings is 1. The lowest BCUT2D eigenvalue weighted by Gasteiger charge is -2.24. The molecule has 2 unspecified atom stereocenters. The van der Waals surface area contributed by atoms with Crippen LogP contribution in [-0.4, -0.2) is 47.1 Å². The van der Waals surface area contributed by atoms with Crippen LogP contribution in [0.15, 0.2) is 24.3 Å². The molecule has 154 valence electrons. The van der Waals surface area contributed by atoms with Crippen LogP contribution in [-0.2, 0) is 4.74 Å². The number of aromatic nitrogens is 3. The molecule has 0 aliphatic carbocycles. The SMILES string of the molecule is COC(c1ccc(Cl)cc1)C(C)NC(=O)c1nnn(C2CCNCC2)c1C.Cl. The zero-order valence-corrected chi connectivity index (χ0v) is 17.9. The first-order valence-electron chi connectivity index (χ1n) is 9.23. The molecule has 1 fully saturated rings. The van der Waals surface area contributed by atoms with Gasteiger partial charge in [-0.3, -0.25) is 4.79 Å². The van der Waals surface area contributed by atoms with Crippen LogP contribution in [0.5, 0.6) is 0 Å². The van der Waals surface area contributed by atoms with E-state index in [0.29, 0.717) is 16.8 Å². The Balaban J connectivity index is 0.00000280. The van der Waals surface area contributed by atoms with Crippen LogP contribution in [0.25, 0.3) is 0 Å². The summed E-state index contributed by atoms with van der Waals surface area (Å²) in [7, 11) is 1.63. The normalized spacial score (nSPS) is 16.9.